The largest absolute Gasteiger partial charge is 0.394 e. The highest BCUT2D eigenvalue weighted by atomic mass is 16.7. The van der Waals surface area contributed by atoms with Crippen molar-refractivity contribution >= 4 is 5.91 Å². The molecule has 1 aliphatic rings. The van der Waals surface area contributed by atoms with Crippen molar-refractivity contribution in [3.8, 4) is 0 Å². The molecule has 0 aromatic heterocycles. The van der Waals surface area contributed by atoms with Crippen LogP contribution in [0.3, 0.4) is 0 Å². The quantitative estimate of drug-likeness (QED) is 0.0261. The second kappa shape index (κ2) is 53.0. The van der Waals surface area contributed by atoms with Crippen LogP contribution in [0.1, 0.15) is 271 Å². The smallest absolute Gasteiger partial charge is 0.220 e. The zero-order valence-corrected chi connectivity index (χ0v) is 47.1. The van der Waals surface area contributed by atoms with Crippen LogP contribution in [0, 0.1) is 0 Å². The summed E-state index contributed by atoms with van der Waals surface area (Å²) in [6.45, 7) is 3.67. The number of amides is 1. The van der Waals surface area contributed by atoms with Gasteiger partial charge in [-0.05, 0) is 64.2 Å². The Labute approximate surface area is 448 Å². The molecule has 0 aromatic rings. The highest BCUT2D eigenvalue weighted by Crippen LogP contribution is 2.23. The summed E-state index contributed by atoms with van der Waals surface area (Å²) in [5, 5.41) is 54.4. The van der Waals surface area contributed by atoms with Gasteiger partial charge in [-0.1, -0.05) is 273 Å². The fourth-order valence-electron chi connectivity index (χ4n) is 9.48. The molecular weight excluding hydrogens is 911 g/mol. The molecule has 7 unspecified atom stereocenters. The lowest BCUT2D eigenvalue weighted by molar-refractivity contribution is -0.302. The third kappa shape index (κ3) is 42.4. The van der Waals surface area contributed by atoms with Crippen LogP contribution >= 0.6 is 0 Å². The van der Waals surface area contributed by atoms with Crippen LogP contribution in [0.5, 0.6) is 0 Å². The normalized spacial score (nSPS) is 19.6. The average molecular weight is 1030 g/mol. The fraction of sp³-hybridized carbons (Fsp3) is 0.797. The standard InChI is InChI=1S/C64H115NO8/c1-3-5-7-9-11-13-15-17-18-19-20-21-22-23-24-25-26-27-28-29-30-31-32-33-34-35-36-37-38-39-40-42-44-46-48-50-52-54-60(68)65-57(56-72-64-63(71)62(70)61(69)59(55-66)73-64)58(67)53-51-49-47-45-43-41-16-14-12-10-8-6-4-2/h5,7,11,13,17-18,20-21,23-24,51,53,57-59,61-64,66-67,69-71H,3-4,6,8-10,12,14-16,19,22,25-50,52,54-56H2,1-2H3,(H,65,68)/b7-5-,13-11-,18-17-,21-20-,24-23-,53-51+. The second-order valence-corrected chi connectivity index (χ2v) is 21.1. The number of hydrogen-bond donors (Lipinski definition) is 6. The zero-order chi connectivity index (χ0) is 52.9. The topological polar surface area (TPSA) is 149 Å². The monoisotopic (exact) mass is 1030 g/mol. The van der Waals surface area contributed by atoms with E-state index in [0.29, 0.717) is 6.42 Å². The van der Waals surface area contributed by atoms with Crippen LogP contribution in [0.25, 0.3) is 0 Å². The Morgan fingerprint density at radius 2 is 0.849 bits per heavy atom. The first-order valence-corrected chi connectivity index (χ1v) is 30.7. The molecule has 0 bridgehead atoms. The number of rotatable bonds is 52. The summed E-state index contributed by atoms with van der Waals surface area (Å²) in [5.74, 6) is -0.175. The molecule has 0 radical (unpaired) electrons. The van der Waals surface area contributed by atoms with Gasteiger partial charge in [0.1, 0.15) is 24.4 Å². The second-order valence-electron chi connectivity index (χ2n) is 21.1. The van der Waals surface area contributed by atoms with Crippen LogP contribution < -0.4 is 5.32 Å². The summed E-state index contributed by atoms with van der Waals surface area (Å²) in [4.78, 5) is 13.0. The number of carbonyl (C=O) groups is 1. The van der Waals surface area contributed by atoms with Crippen molar-refractivity contribution in [2.75, 3.05) is 13.2 Å². The molecule has 424 valence electrons. The van der Waals surface area contributed by atoms with E-state index >= 15 is 0 Å². The minimum Gasteiger partial charge on any atom is -0.394 e. The molecule has 1 heterocycles. The van der Waals surface area contributed by atoms with Crippen molar-refractivity contribution in [3.63, 3.8) is 0 Å². The van der Waals surface area contributed by atoms with Gasteiger partial charge < -0.3 is 40.3 Å². The summed E-state index contributed by atoms with van der Waals surface area (Å²) in [5.41, 5.74) is 0. The molecule has 1 fully saturated rings. The predicted molar refractivity (Wildman–Crippen MR) is 309 cm³/mol. The molecule has 0 aromatic carbocycles. The SMILES string of the molecule is CC/C=C\C/C=C\C/C=C\C/C=C\C/C=C\CCCCCCCCCCCCCCCCCCCCCCCC(=O)NC(COC1OC(CO)C(O)C(O)C1O)C(O)/C=C/CCCCCCCCCCCCC. The first-order chi connectivity index (χ1) is 35.8. The lowest BCUT2D eigenvalue weighted by Crippen LogP contribution is -2.60. The Morgan fingerprint density at radius 3 is 1.26 bits per heavy atom. The Hall–Kier alpha value is -2.37. The van der Waals surface area contributed by atoms with E-state index in [-0.39, 0.29) is 12.5 Å². The molecule has 1 amide bonds. The van der Waals surface area contributed by atoms with E-state index < -0.39 is 49.5 Å². The summed E-state index contributed by atoms with van der Waals surface area (Å²) in [6, 6.07) is -0.804. The Morgan fingerprint density at radius 1 is 0.479 bits per heavy atom. The van der Waals surface area contributed by atoms with Crippen molar-refractivity contribution in [2.24, 2.45) is 0 Å². The Balaban J connectivity index is 2.07. The summed E-state index contributed by atoms with van der Waals surface area (Å²) in [7, 11) is 0. The number of unbranched alkanes of at least 4 members (excludes halogenated alkanes) is 32. The first-order valence-electron chi connectivity index (χ1n) is 30.7. The van der Waals surface area contributed by atoms with E-state index in [2.05, 4.69) is 79.9 Å². The van der Waals surface area contributed by atoms with Gasteiger partial charge in [0, 0.05) is 6.42 Å². The van der Waals surface area contributed by atoms with E-state index in [1.807, 2.05) is 6.08 Å². The number of carbonyl (C=O) groups excluding carboxylic acids is 1. The molecule has 1 aliphatic heterocycles. The molecule has 1 rings (SSSR count). The maximum atomic E-state index is 13.0. The molecule has 1 saturated heterocycles. The molecule has 0 aliphatic carbocycles. The van der Waals surface area contributed by atoms with Gasteiger partial charge in [-0.15, -0.1) is 0 Å². The molecule has 6 N–H and O–H groups in total. The van der Waals surface area contributed by atoms with Gasteiger partial charge in [0.25, 0.3) is 0 Å². The van der Waals surface area contributed by atoms with Crippen LogP contribution in [0.4, 0.5) is 0 Å². The highest BCUT2D eigenvalue weighted by Gasteiger charge is 2.44. The first kappa shape index (κ1) is 68.6. The molecule has 9 nitrogen and oxygen atoms in total. The maximum absolute atomic E-state index is 13.0. The van der Waals surface area contributed by atoms with Crippen LogP contribution in [-0.2, 0) is 14.3 Å². The van der Waals surface area contributed by atoms with Crippen LogP contribution in [0.2, 0.25) is 0 Å². The number of hydrogen-bond acceptors (Lipinski definition) is 8. The van der Waals surface area contributed by atoms with E-state index in [1.165, 1.54) is 180 Å². The average Bonchev–Trinajstić information content (AvgIpc) is 3.39. The summed E-state index contributed by atoms with van der Waals surface area (Å²) >= 11 is 0. The third-order valence-corrected chi connectivity index (χ3v) is 14.3. The predicted octanol–water partition coefficient (Wildman–Crippen LogP) is 15.6. The van der Waals surface area contributed by atoms with Gasteiger partial charge in [0.15, 0.2) is 6.29 Å². The lowest BCUT2D eigenvalue weighted by Gasteiger charge is -2.40. The molecule has 7 atom stereocenters. The van der Waals surface area contributed by atoms with E-state index in [9.17, 15) is 30.3 Å². The van der Waals surface area contributed by atoms with Crippen molar-refractivity contribution in [2.45, 2.75) is 314 Å². The fourth-order valence-corrected chi connectivity index (χ4v) is 9.48. The number of allylic oxidation sites excluding steroid dienone is 11. The van der Waals surface area contributed by atoms with Crippen molar-refractivity contribution < 1.29 is 39.8 Å². The van der Waals surface area contributed by atoms with Gasteiger partial charge >= 0.3 is 0 Å². The van der Waals surface area contributed by atoms with Crippen molar-refractivity contribution in [1.29, 1.82) is 0 Å². The van der Waals surface area contributed by atoms with Gasteiger partial charge in [-0.25, -0.2) is 0 Å². The van der Waals surface area contributed by atoms with Gasteiger partial charge in [0.05, 0.1) is 25.4 Å². The van der Waals surface area contributed by atoms with Gasteiger partial charge in [-0.2, -0.15) is 0 Å². The molecular formula is C64H115NO8. The van der Waals surface area contributed by atoms with Crippen molar-refractivity contribution in [1.82, 2.24) is 5.32 Å². The number of aliphatic hydroxyl groups excluding tert-OH is 5. The Kier molecular flexibility index (Phi) is 49.9. The molecule has 0 spiro atoms. The summed E-state index contributed by atoms with van der Waals surface area (Å²) < 4.78 is 11.3. The molecule has 9 heteroatoms. The van der Waals surface area contributed by atoms with Crippen molar-refractivity contribution in [3.05, 3.63) is 72.9 Å². The van der Waals surface area contributed by atoms with E-state index in [4.69, 9.17) is 9.47 Å². The third-order valence-electron chi connectivity index (χ3n) is 14.3. The number of aliphatic hydroxyl groups is 5. The minimum absolute atomic E-state index is 0.175. The maximum Gasteiger partial charge on any atom is 0.220 e. The van der Waals surface area contributed by atoms with Crippen LogP contribution in [-0.4, -0.2) is 87.5 Å². The highest BCUT2D eigenvalue weighted by molar-refractivity contribution is 5.76. The van der Waals surface area contributed by atoms with Gasteiger partial charge in [0.2, 0.25) is 5.91 Å². The molecule has 73 heavy (non-hydrogen) atoms. The zero-order valence-electron chi connectivity index (χ0n) is 47.1. The number of nitrogens with one attached hydrogen (secondary N) is 1. The minimum atomic E-state index is -1.57. The van der Waals surface area contributed by atoms with Crippen LogP contribution in [0.15, 0.2) is 72.9 Å². The van der Waals surface area contributed by atoms with E-state index in [1.54, 1.807) is 6.08 Å². The lowest BCUT2D eigenvalue weighted by atomic mass is 9.99. The van der Waals surface area contributed by atoms with Gasteiger partial charge in [-0.3, -0.25) is 4.79 Å². The van der Waals surface area contributed by atoms with E-state index in [0.717, 1.165) is 70.6 Å². The Bertz CT molecular complexity index is 1380. The molecule has 0 saturated carbocycles. The summed E-state index contributed by atoms with van der Waals surface area (Å²) in [6.07, 6.45) is 67.1. The number of ether oxygens (including phenoxy) is 2.